The quantitative estimate of drug-likeness (QED) is 0.358. The third-order valence-corrected chi connectivity index (χ3v) is 4.64. The van der Waals surface area contributed by atoms with Crippen molar-refractivity contribution in [1.29, 1.82) is 0 Å². The Hall–Kier alpha value is 1.00. The molecule has 0 aromatic heterocycles. The van der Waals surface area contributed by atoms with Crippen LogP contribution < -0.4 is 0 Å². The molecule has 0 heterocycles. The predicted octanol–water partition coefficient (Wildman–Crippen LogP) is 4.74. The molecular formula is C13H27Na. The molecule has 0 aromatic carbocycles. The molecule has 0 radical (unpaired) electrons. The second-order valence-corrected chi connectivity index (χ2v) is 5.59. The summed E-state index contributed by atoms with van der Waals surface area (Å²) >= 11 is 1.39. The van der Waals surface area contributed by atoms with E-state index in [0.29, 0.717) is 0 Å². The Kier molecular flexibility index (Phi) is 12.9. The van der Waals surface area contributed by atoms with Crippen LogP contribution in [0.15, 0.2) is 0 Å². The van der Waals surface area contributed by atoms with E-state index in [0.717, 1.165) is 5.92 Å². The molecule has 0 nitrogen and oxygen atoms in total. The van der Waals surface area contributed by atoms with Crippen LogP contribution in [0.2, 0.25) is 3.67 Å². The fourth-order valence-electron chi connectivity index (χ4n) is 1.83. The molecular weight excluding hydrogens is 179 g/mol. The monoisotopic (exact) mass is 206 g/mol. The molecule has 0 aliphatic carbocycles. The fourth-order valence-corrected chi connectivity index (χ4v) is 2.24. The molecule has 0 amide bonds. The van der Waals surface area contributed by atoms with Crippen molar-refractivity contribution >= 4 is 27.9 Å². The Bertz CT molecular complexity index is 101. The summed E-state index contributed by atoms with van der Waals surface area (Å²) in [5, 5.41) is 0. The first-order chi connectivity index (χ1) is 6.81. The summed E-state index contributed by atoms with van der Waals surface area (Å²) in [6.07, 6.45) is 13.2. The summed E-state index contributed by atoms with van der Waals surface area (Å²) in [6.45, 7) is 4.70. The van der Waals surface area contributed by atoms with Gasteiger partial charge in [-0.05, 0) is 0 Å². The Morgan fingerprint density at radius 1 is 0.857 bits per heavy atom. The van der Waals surface area contributed by atoms with Gasteiger partial charge in [0.25, 0.3) is 0 Å². The summed E-state index contributed by atoms with van der Waals surface area (Å²) in [7, 11) is 0. The molecule has 0 rings (SSSR count). The molecule has 80 valence electrons. The minimum atomic E-state index is 1.02. The van der Waals surface area contributed by atoms with Crippen molar-refractivity contribution in [3.63, 3.8) is 0 Å². The van der Waals surface area contributed by atoms with Crippen molar-refractivity contribution in [2.45, 2.75) is 75.3 Å². The van der Waals surface area contributed by atoms with Gasteiger partial charge in [-0.1, -0.05) is 0 Å². The van der Waals surface area contributed by atoms with Gasteiger partial charge < -0.3 is 0 Å². The number of hydrogen-bond acceptors (Lipinski definition) is 0. The Morgan fingerprint density at radius 2 is 1.36 bits per heavy atom. The first-order valence-corrected chi connectivity index (χ1v) is 8.22. The Labute approximate surface area is 109 Å². The van der Waals surface area contributed by atoms with Crippen molar-refractivity contribution in [2.24, 2.45) is 5.92 Å². The van der Waals surface area contributed by atoms with E-state index in [-0.39, 0.29) is 0 Å². The average Bonchev–Trinajstić information content (AvgIpc) is 2.21. The van der Waals surface area contributed by atoms with Gasteiger partial charge in [-0.15, -0.1) is 0 Å². The predicted molar refractivity (Wildman–Crippen MR) is 67.0 cm³/mol. The van der Waals surface area contributed by atoms with Crippen LogP contribution in [0.1, 0.15) is 71.6 Å². The van der Waals surface area contributed by atoms with Crippen molar-refractivity contribution in [3.8, 4) is 0 Å². The first kappa shape index (κ1) is 15.0. The van der Waals surface area contributed by atoms with E-state index in [2.05, 4.69) is 13.8 Å². The summed E-state index contributed by atoms with van der Waals surface area (Å²) in [5.41, 5.74) is 0. The van der Waals surface area contributed by atoms with Gasteiger partial charge >= 0.3 is 109 Å². The van der Waals surface area contributed by atoms with Crippen LogP contribution in [-0.4, -0.2) is 27.9 Å². The van der Waals surface area contributed by atoms with Crippen molar-refractivity contribution in [3.05, 3.63) is 0 Å². The van der Waals surface area contributed by atoms with Crippen LogP contribution in [-0.2, 0) is 0 Å². The summed E-state index contributed by atoms with van der Waals surface area (Å²) in [4.78, 5) is 0. The molecule has 0 bridgehead atoms. The molecule has 0 aromatic rings. The van der Waals surface area contributed by atoms with Gasteiger partial charge in [0, 0.05) is 0 Å². The molecule has 0 spiro atoms. The molecule has 0 N–H and O–H groups in total. The van der Waals surface area contributed by atoms with E-state index in [9.17, 15) is 0 Å². The SMILES string of the molecule is CCCCCCCCCCC(C)[CH2][Na]. The van der Waals surface area contributed by atoms with E-state index >= 15 is 0 Å². The number of hydrogen-bond donors (Lipinski definition) is 0. The van der Waals surface area contributed by atoms with Gasteiger partial charge in [-0.2, -0.15) is 0 Å². The number of unbranched alkanes of at least 4 members (excludes halogenated alkanes) is 7. The Morgan fingerprint density at radius 3 is 1.86 bits per heavy atom. The topological polar surface area (TPSA) is 0 Å². The molecule has 1 unspecified atom stereocenters. The molecule has 0 aliphatic heterocycles. The second-order valence-electron chi connectivity index (χ2n) is 4.78. The van der Waals surface area contributed by atoms with Gasteiger partial charge in [0.15, 0.2) is 0 Å². The zero-order valence-corrected chi connectivity index (χ0v) is 12.6. The third kappa shape index (κ3) is 11.1. The molecule has 0 saturated heterocycles. The van der Waals surface area contributed by atoms with Crippen molar-refractivity contribution in [1.82, 2.24) is 0 Å². The van der Waals surface area contributed by atoms with Gasteiger partial charge in [0.1, 0.15) is 0 Å². The number of rotatable bonds is 10. The Balaban J connectivity index is 2.92. The zero-order chi connectivity index (χ0) is 10.6. The molecule has 1 atom stereocenters. The van der Waals surface area contributed by atoms with E-state index in [1.165, 1.54) is 89.4 Å². The van der Waals surface area contributed by atoms with Crippen molar-refractivity contribution in [2.75, 3.05) is 0 Å². The normalized spacial score (nSPS) is 13.1. The molecule has 14 heavy (non-hydrogen) atoms. The maximum absolute atomic E-state index is 2.41. The summed E-state index contributed by atoms with van der Waals surface area (Å²) in [5.74, 6) is 1.02. The molecule has 1 heteroatoms. The van der Waals surface area contributed by atoms with E-state index in [1.807, 2.05) is 0 Å². The van der Waals surface area contributed by atoms with Crippen LogP contribution in [0.4, 0.5) is 0 Å². The first-order valence-electron chi connectivity index (χ1n) is 6.81. The van der Waals surface area contributed by atoms with Crippen LogP contribution in [0.5, 0.6) is 0 Å². The third-order valence-electron chi connectivity index (χ3n) is 3.25. The molecule has 0 saturated carbocycles. The van der Waals surface area contributed by atoms with Gasteiger partial charge in [-0.25, -0.2) is 0 Å². The van der Waals surface area contributed by atoms with Crippen molar-refractivity contribution < 1.29 is 0 Å². The van der Waals surface area contributed by atoms with Gasteiger partial charge in [0.05, 0.1) is 0 Å². The fraction of sp³-hybridized carbons (Fsp3) is 1.00. The van der Waals surface area contributed by atoms with E-state index in [4.69, 9.17) is 0 Å². The van der Waals surface area contributed by atoms with Crippen LogP contribution in [0.25, 0.3) is 0 Å². The minimum absolute atomic E-state index is 1.02. The van der Waals surface area contributed by atoms with Gasteiger partial charge in [-0.3, -0.25) is 0 Å². The standard InChI is InChI=1S/C13H27.Na/c1-4-5-6-7-8-9-10-11-12-13(2)3;/h13H,2,4-12H2,1,3H3;. The average molecular weight is 206 g/mol. The molecule has 0 fully saturated rings. The second kappa shape index (κ2) is 12.1. The van der Waals surface area contributed by atoms with Crippen LogP contribution >= 0.6 is 0 Å². The maximum atomic E-state index is 2.41. The van der Waals surface area contributed by atoms with E-state index < -0.39 is 0 Å². The summed E-state index contributed by atoms with van der Waals surface area (Å²) < 4.78 is 1.50. The molecule has 0 aliphatic rings. The van der Waals surface area contributed by atoms with Crippen LogP contribution in [0, 0.1) is 5.92 Å². The van der Waals surface area contributed by atoms with Crippen LogP contribution in [0.3, 0.4) is 0 Å². The summed E-state index contributed by atoms with van der Waals surface area (Å²) in [6, 6.07) is 0. The zero-order valence-electron chi connectivity index (χ0n) is 10.6. The van der Waals surface area contributed by atoms with E-state index in [1.54, 1.807) is 0 Å². The van der Waals surface area contributed by atoms with Gasteiger partial charge in [0.2, 0.25) is 0 Å².